The first-order chi connectivity index (χ1) is 8.06. The monoisotopic (exact) mass is 298 g/mol. The largest absolute Gasteiger partial charge is 0.397 e. The SMILES string of the molecule is Nc1ccc(Br)cc1Nc1ccc(F)c(F)c1. The van der Waals surface area contributed by atoms with Crippen molar-refractivity contribution in [3.05, 3.63) is 52.5 Å². The fourth-order valence-electron chi connectivity index (χ4n) is 1.37. The Hall–Kier alpha value is -1.62. The van der Waals surface area contributed by atoms with Crippen LogP contribution in [0.3, 0.4) is 0 Å². The summed E-state index contributed by atoms with van der Waals surface area (Å²) in [6, 6.07) is 8.86. The maximum Gasteiger partial charge on any atom is 0.160 e. The summed E-state index contributed by atoms with van der Waals surface area (Å²) in [5, 5.41) is 2.92. The van der Waals surface area contributed by atoms with Crippen LogP contribution in [-0.4, -0.2) is 0 Å². The molecule has 0 aromatic heterocycles. The molecule has 0 aliphatic rings. The maximum atomic E-state index is 13.0. The van der Waals surface area contributed by atoms with Gasteiger partial charge >= 0.3 is 0 Å². The molecule has 0 aliphatic carbocycles. The molecule has 0 amide bonds. The van der Waals surface area contributed by atoms with Gasteiger partial charge in [-0.25, -0.2) is 8.78 Å². The van der Waals surface area contributed by atoms with E-state index in [1.165, 1.54) is 6.07 Å². The molecule has 0 unspecified atom stereocenters. The number of hydrogen-bond acceptors (Lipinski definition) is 2. The van der Waals surface area contributed by atoms with Crippen molar-refractivity contribution >= 4 is 33.0 Å². The fourth-order valence-corrected chi connectivity index (χ4v) is 1.73. The number of anilines is 3. The van der Waals surface area contributed by atoms with Crippen molar-refractivity contribution in [2.75, 3.05) is 11.1 Å². The summed E-state index contributed by atoms with van der Waals surface area (Å²) in [5.41, 5.74) is 7.35. The smallest absolute Gasteiger partial charge is 0.160 e. The number of nitrogens with two attached hydrogens (primary N) is 1. The lowest BCUT2D eigenvalue weighted by Gasteiger charge is -2.10. The molecular weight excluding hydrogens is 290 g/mol. The molecule has 2 nitrogen and oxygen atoms in total. The molecule has 0 saturated carbocycles. The standard InChI is InChI=1S/C12H9BrF2N2/c13-7-1-4-11(16)12(5-7)17-8-2-3-9(14)10(15)6-8/h1-6,17H,16H2. The Morgan fingerprint density at radius 2 is 1.76 bits per heavy atom. The number of rotatable bonds is 2. The lowest BCUT2D eigenvalue weighted by atomic mass is 10.2. The van der Waals surface area contributed by atoms with Gasteiger partial charge in [-0.15, -0.1) is 0 Å². The third kappa shape index (κ3) is 2.74. The number of hydrogen-bond donors (Lipinski definition) is 2. The van der Waals surface area contributed by atoms with Crippen molar-refractivity contribution in [2.45, 2.75) is 0 Å². The molecule has 0 bridgehead atoms. The van der Waals surface area contributed by atoms with Gasteiger partial charge in [0, 0.05) is 16.2 Å². The molecule has 0 spiro atoms. The van der Waals surface area contributed by atoms with Crippen molar-refractivity contribution in [1.82, 2.24) is 0 Å². The molecule has 5 heteroatoms. The van der Waals surface area contributed by atoms with E-state index in [4.69, 9.17) is 5.73 Å². The van der Waals surface area contributed by atoms with Crippen LogP contribution in [0, 0.1) is 11.6 Å². The van der Waals surface area contributed by atoms with E-state index >= 15 is 0 Å². The molecule has 3 N–H and O–H groups in total. The van der Waals surface area contributed by atoms with Crippen LogP contribution in [0.25, 0.3) is 0 Å². The predicted octanol–water partition coefficient (Wildman–Crippen LogP) is 4.05. The van der Waals surface area contributed by atoms with E-state index in [2.05, 4.69) is 21.2 Å². The van der Waals surface area contributed by atoms with Gasteiger partial charge in [0.05, 0.1) is 11.4 Å². The topological polar surface area (TPSA) is 38.0 Å². The molecule has 0 heterocycles. The summed E-state index contributed by atoms with van der Waals surface area (Å²) in [6.45, 7) is 0. The minimum atomic E-state index is -0.899. The number of benzene rings is 2. The van der Waals surface area contributed by atoms with Crippen LogP contribution in [0.4, 0.5) is 25.8 Å². The van der Waals surface area contributed by atoms with Gasteiger partial charge in [-0.05, 0) is 30.3 Å². The van der Waals surface area contributed by atoms with Crippen LogP contribution in [0.15, 0.2) is 40.9 Å². The van der Waals surface area contributed by atoms with Crippen molar-refractivity contribution in [3.8, 4) is 0 Å². The highest BCUT2D eigenvalue weighted by molar-refractivity contribution is 9.10. The Balaban J connectivity index is 2.31. The molecule has 17 heavy (non-hydrogen) atoms. The van der Waals surface area contributed by atoms with Gasteiger partial charge in [0.1, 0.15) is 0 Å². The van der Waals surface area contributed by atoms with Crippen LogP contribution in [0.5, 0.6) is 0 Å². The number of nitrogen functional groups attached to an aromatic ring is 1. The first-order valence-corrected chi connectivity index (χ1v) is 5.62. The van der Waals surface area contributed by atoms with Gasteiger partial charge in [0.2, 0.25) is 0 Å². The molecule has 0 saturated heterocycles. The third-order valence-electron chi connectivity index (χ3n) is 2.21. The van der Waals surface area contributed by atoms with E-state index in [1.54, 1.807) is 18.2 Å². The second-order valence-electron chi connectivity index (χ2n) is 3.49. The second-order valence-corrected chi connectivity index (χ2v) is 4.40. The van der Waals surface area contributed by atoms with Gasteiger partial charge in [0.25, 0.3) is 0 Å². The van der Waals surface area contributed by atoms with E-state index < -0.39 is 11.6 Å². The molecule has 88 valence electrons. The Morgan fingerprint density at radius 3 is 2.47 bits per heavy atom. The van der Waals surface area contributed by atoms with Gasteiger partial charge in [-0.2, -0.15) is 0 Å². The molecule has 0 aliphatic heterocycles. The third-order valence-corrected chi connectivity index (χ3v) is 2.71. The highest BCUT2D eigenvalue weighted by atomic mass is 79.9. The summed E-state index contributed by atoms with van der Waals surface area (Å²) in [7, 11) is 0. The first kappa shape index (κ1) is 11.9. The molecule has 0 atom stereocenters. The Kier molecular flexibility index (Phi) is 3.28. The molecule has 0 fully saturated rings. The van der Waals surface area contributed by atoms with Crippen LogP contribution < -0.4 is 11.1 Å². The summed E-state index contributed by atoms with van der Waals surface area (Å²) in [4.78, 5) is 0. The Morgan fingerprint density at radius 1 is 1.00 bits per heavy atom. The van der Waals surface area contributed by atoms with Gasteiger partial charge in [0.15, 0.2) is 11.6 Å². The van der Waals surface area contributed by atoms with Crippen molar-refractivity contribution < 1.29 is 8.78 Å². The Bertz CT molecular complexity index is 558. The normalized spacial score (nSPS) is 10.3. The van der Waals surface area contributed by atoms with Gasteiger partial charge < -0.3 is 11.1 Å². The van der Waals surface area contributed by atoms with Crippen LogP contribution in [-0.2, 0) is 0 Å². The average molecular weight is 299 g/mol. The lowest BCUT2D eigenvalue weighted by molar-refractivity contribution is 0.509. The van der Waals surface area contributed by atoms with Crippen molar-refractivity contribution in [3.63, 3.8) is 0 Å². The molecule has 0 radical (unpaired) electrons. The quantitative estimate of drug-likeness (QED) is 0.821. The summed E-state index contributed by atoms with van der Waals surface area (Å²) in [6.07, 6.45) is 0. The fraction of sp³-hybridized carbons (Fsp3) is 0. The highest BCUT2D eigenvalue weighted by Crippen LogP contribution is 2.27. The van der Waals surface area contributed by atoms with Crippen LogP contribution in [0.2, 0.25) is 0 Å². The zero-order valence-electron chi connectivity index (χ0n) is 8.68. The first-order valence-electron chi connectivity index (χ1n) is 4.83. The lowest BCUT2D eigenvalue weighted by Crippen LogP contribution is -1.97. The minimum absolute atomic E-state index is 0.439. The molecular formula is C12H9BrF2N2. The molecule has 2 rings (SSSR count). The molecule has 2 aromatic rings. The number of halogens is 3. The van der Waals surface area contributed by atoms with E-state index in [-0.39, 0.29) is 0 Å². The van der Waals surface area contributed by atoms with Gasteiger partial charge in [-0.1, -0.05) is 15.9 Å². The zero-order valence-corrected chi connectivity index (χ0v) is 10.3. The van der Waals surface area contributed by atoms with Crippen molar-refractivity contribution in [1.29, 1.82) is 0 Å². The zero-order chi connectivity index (χ0) is 12.4. The van der Waals surface area contributed by atoms with E-state index in [1.807, 2.05) is 0 Å². The summed E-state index contributed by atoms with van der Waals surface area (Å²) in [5.74, 6) is -1.78. The number of nitrogens with one attached hydrogen (secondary N) is 1. The van der Waals surface area contributed by atoms with Gasteiger partial charge in [-0.3, -0.25) is 0 Å². The molecule has 2 aromatic carbocycles. The van der Waals surface area contributed by atoms with Crippen LogP contribution in [0.1, 0.15) is 0 Å². The van der Waals surface area contributed by atoms with E-state index in [0.29, 0.717) is 17.1 Å². The predicted molar refractivity (Wildman–Crippen MR) is 68.2 cm³/mol. The van der Waals surface area contributed by atoms with Crippen LogP contribution >= 0.6 is 15.9 Å². The Labute approximate surface area is 106 Å². The average Bonchev–Trinajstić information content (AvgIpc) is 2.29. The van der Waals surface area contributed by atoms with E-state index in [9.17, 15) is 8.78 Å². The highest BCUT2D eigenvalue weighted by Gasteiger charge is 2.04. The summed E-state index contributed by atoms with van der Waals surface area (Å²) < 4.78 is 26.6. The maximum absolute atomic E-state index is 13.0. The van der Waals surface area contributed by atoms with Crippen molar-refractivity contribution in [2.24, 2.45) is 0 Å². The summed E-state index contributed by atoms with van der Waals surface area (Å²) >= 11 is 3.31. The second kappa shape index (κ2) is 4.71. The minimum Gasteiger partial charge on any atom is -0.397 e. The van der Waals surface area contributed by atoms with E-state index in [0.717, 1.165) is 16.6 Å².